The summed E-state index contributed by atoms with van der Waals surface area (Å²) >= 11 is 0. The van der Waals surface area contributed by atoms with E-state index in [2.05, 4.69) is 4.98 Å². The van der Waals surface area contributed by atoms with Crippen LogP contribution in [0.1, 0.15) is 17.7 Å². The van der Waals surface area contributed by atoms with Crippen molar-refractivity contribution in [3.8, 4) is 0 Å². The Morgan fingerprint density at radius 1 is 1.32 bits per heavy atom. The third-order valence-corrected chi connectivity index (χ3v) is 6.16. The number of nitrogens with two attached hydrogens (primary N) is 1. The summed E-state index contributed by atoms with van der Waals surface area (Å²) in [5.41, 5.74) is 3.16. The number of aliphatic hydroxyl groups excluding tert-OH is 2. The molecule has 1 aromatic rings. The first-order valence-corrected chi connectivity index (χ1v) is 8.91. The van der Waals surface area contributed by atoms with Gasteiger partial charge in [0.25, 0.3) is 5.91 Å². The maximum Gasteiger partial charge on any atom is 0.255 e. The topological polar surface area (TPSA) is 157 Å². The minimum Gasteiger partial charge on any atom is -0.508 e. The van der Waals surface area contributed by atoms with Gasteiger partial charge in [-0.2, -0.15) is 0 Å². The van der Waals surface area contributed by atoms with Crippen molar-refractivity contribution in [2.45, 2.75) is 24.5 Å². The van der Waals surface area contributed by atoms with Gasteiger partial charge >= 0.3 is 0 Å². The monoisotopic (exact) mass is 387 g/mol. The fourth-order valence-corrected chi connectivity index (χ4v) is 4.94. The number of hydrogen-bond acceptors (Lipinski definition) is 7. The molecule has 28 heavy (non-hydrogen) atoms. The zero-order valence-electron chi connectivity index (χ0n) is 15.4. The van der Waals surface area contributed by atoms with Gasteiger partial charge in [0.05, 0.1) is 11.7 Å². The second-order valence-corrected chi connectivity index (χ2v) is 7.84. The fraction of sp³-hybridized carbons (Fsp3) is 0.421. The minimum absolute atomic E-state index is 0.0177. The number of fused-ring (bicyclic) bond motifs is 3. The Bertz CT molecular complexity index is 988. The van der Waals surface area contributed by atoms with Gasteiger partial charge in [0.2, 0.25) is 5.78 Å². The lowest BCUT2D eigenvalue weighted by Gasteiger charge is -2.50. The Morgan fingerprint density at radius 2 is 2.00 bits per heavy atom. The largest absolute Gasteiger partial charge is 0.508 e. The molecule has 0 spiro atoms. The number of H-pyrrole nitrogens is 1. The number of primary amides is 1. The van der Waals surface area contributed by atoms with E-state index in [1.807, 2.05) is 0 Å². The molecule has 1 aromatic heterocycles. The van der Waals surface area contributed by atoms with Gasteiger partial charge in [-0.05, 0) is 44.5 Å². The molecule has 0 radical (unpaired) electrons. The molecule has 0 bridgehead atoms. The molecule has 4 rings (SSSR count). The van der Waals surface area contributed by atoms with Crippen molar-refractivity contribution in [3.05, 3.63) is 40.4 Å². The van der Waals surface area contributed by atoms with Crippen LogP contribution < -0.4 is 5.73 Å². The Kier molecular flexibility index (Phi) is 3.82. The summed E-state index contributed by atoms with van der Waals surface area (Å²) in [4.78, 5) is 42.4. The average Bonchev–Trinajstić information content (AvgIpc) is 3.06. The van der Waals surface area contributed by atoms with Crippen LogP contribution in [-0.2, 0) is 20.8 Å². The molecule has 1 amide bonds. The van der Waals surface area contributed by atoms with Crippen molar-refractivity contribution in [3.63, 3.8) is 0 Å². The number of hydrogen-bond donors (Lipinski definition) is 5. The molecular formula is C19H21N3O6. The second-order valence-electron chi connectivity index (χ2n) is 7.84. The second kappa shape index (κ2) is 5.79. The summed E-state index contributed by atoms with van der Waals surface area (Å²) in [5.74, 6) is -5.61. The molecule has 1 heterocycles. The molecule has 1 saturated carbocycles. The first-order chi connectivity index (χ1) is 13.1. The Balaban J connectivity index is 1.96. The highest BCUT2D eigenvalue weighted by Gasteiger charge is 2.64. The standard InChI is InChI=1S/C19H21N3O6/c1-22(2)13-9-6-8-5-7-3-4-21-12(7)14(23)10(8)16(25)19(9,28)17(26)11(15(13)24)18(20)27/h3-4,8-9,13,21,23,26,28H,5-6H2,1-2H3,(H2,20,27)/t8-,9-,13-,19-/m0/s1. The molecule has 3 aliphatic carbocycles. The van der Waals surface area contributed by atoms with Crippen LogP contribution in [-0.4, -0.2) is 68.4 Å². The number of aromatic amines is 1. The lowest BCUT2D eigenvalue weighted by Crippen LogP contribution is -2.65. The highest BCUT2D eigenvalue weighted by Crippen LogP contribution is 2.51. The number of carbonyl (C=O) groups is 3. The van der Waals surface area contributed by atoms with E-state index in [0.717, 1.165) is 5.56 Å². The molecule has 9 heteroatoms. The molecule has 9 nitrogen and oxygen atoms in total. The van der Waals surface area contributed by atoms with E-state index in [9.17, 15) is 29.7 Å². The number of Topliss-reactive ketones (excluding diaryl/α,β-unsaturated/α-hetero) is 2. The van der Waals surface area contributed by atoms with Crippen molar-refractivity contribution in [1.29, 1.82) is 0 Å². The summed E-state index contributed by atoms with van der Waals surface area (Å²) in [6, 6.07) is 0.773. The molecule has 3 aliphatic rings. The summed E-state index contributed by atoms with van der Waals surface area (Å²) in [5, 5.41) is 32.6. The first kappa shape index (κ1) is 18.5. The maximum atomic E-state index is 13.4. The van der Waals surface area contributed by atoms with Crippen LogP contribution in [0.15, 0.2) is 29.2 Å². The molecule has 4 atom stereocenters. The van der Waals surface area contributed by atoms with Gasteiger partial charge in [-0.15, -0.1) is 0 Å². The van der Waals surface area contributed by atoms with E-state index in [1.165, 1.54) is 4.90 Å². The number of likely N-dealkylation sites (N-methyl/N-ethyl adjacent to an activating group) is 1. The molecular weight excluding hydrogens is 366 g/mol. The van der Waals surface area contributed by atoms with E-state index in [0.29, 0.717) is 12.1 Å². The zero-order valence-corrected chi connectivity index (χ0v) is 15.4. The van der Waals surface area contributed by atoms with Crippen molar-refractivity contribution >= 4 is 23.2 Å². The van der Waals surface area contributed by atoms with E-state index in [1.54, 1.807) is 26.4 Å². The van der Waals surface area contributed by atoms with E-state index in [4.69, 9.17) is 5.73 Å². The number of aromatic nitrogens is 1. The first-order valence-electron chi connectivity index (χ1n) is 8.91. The normalized spacial score (nSPS) is 32.4. The van der Waals surface area contributed by atoms with Crippen LogP contribution in [0.5, 0.6) is 0 Å². The van der Waals surface area contributed by atoms with Crippen molar-refractivity contribution in [1.82, 2.24) is 9.88 Å². The van der Waals surface area contributed by atoms with Crippen molar-refractivity contribution < 1.29 is 29.7 Å². The lowest BCUT2D eigenvalue weighted by atomic mass is 9.58. The number of nitrogens with one attached hydrogen (secondary N) is 1. The fourth-order valence-electron chi connectivity index (χ4n) is 4.94. The Morgan fingerprint density at radius 3 is 2.61 bits per heavy atom. The molecule has 0 aliphatic heterocycles. The average molecular weight is 387 g/mol. The lowest BCUT2D eigenvalue weighted by molar-refractivity contribution is -0.153. The van der Waals surface area contributed by atoms with Crippen LogP contribution in [0.25, 0.3) is 5.76 Å². The maximum absolute atomic E-state index is 13.4. The van der Waals surface area contributed by atoms with Gasteiger partial charge in [0.1, 0.15) is 17.1 Å². The van der Waals surface area contributed by atoms with Gasteiger partial charge in [-0.3, -0.25) is 19.3 Å². The predicted molar refractivity (Wildman–Crippen MR) is 96.9 cm³/mol. The third-order valence-electron chi connectivity index (χ3n) is 6.16. The summed E-state index contributed by atoms with van der Waals surface area (Å²) in [6.07, 6.45) is 2.24. The van der Waals surface area contributed by atoms with Crippen LogP contribution in [0.4, 0.5) is 0 Å². The van der Waals surface area contributed by atoms with Gasteiger partial charge in [-0.1, -0.05) is 0 Å². The number of carbonyl (C=O) groups excluding carboxylic acids is 3. The molecule has 148 valence electrons. The third kappa shape index (κ3) is 2.11. The van der Waals surface area contributed by atoms with Crippen molar-refractivity contribution in [2.75, 3.05) is 14.1 Å². The van der Waals surface area contributed by atoms with Gasteiger partial charge < -0.3 is 26.0 Å². The summed E-state index contributed by atoms with van der Waals surface area (Å²) in [7, 11) is 3.17. The quantitative estimate of drug-likeness (QED) is 0.432. The summed E-state index contributed by atoms with van der Waals surface area (Å²) in [6.45, 7) is 0. The Labute approximate surface area is 160 Å². The highest BCUT2D eigenvalue weighted by atomic mass is 16.3. The van der Waals surface area contributed by atoms with E-state index >= 15 is 0 Å². The Hall–Kier alpha value is -2.91. The number of ketones is 2. The number of nitrogens with zero attached hydrogens (tertiary/aromatic N) is 1. The molecule has 0 saturated heterocycles. The minimum atomic E-state index is -2.52. The summed E-state index contributed by atoms with van der Waals surface area (Å²) < 4.78 is 0. The smallest absolute Gasteiger partial charge is 0.255 e. The SMILES string of the molecule is CN(C)[C@@H]1C(=O)C(C(N)=O)=C(O)[C@@]2(O)C(=O)C3=C(O)c4[nH]ccc4C[C@H]3C[C@@H]12. The molecule has 1 fully saturated rings. The number of rotatable bonds is 2. The molecule has 6 N–H and O–H groups in total. The van der Waals surface area contributed by atoms with Crippen LogP contribution in [0, 0.1) is 11.8 Å². The number of amides is 1. The van der Waals surface area contributed by atoms with Crippen LogP contribution in [0.2, 0.25) is 0 Å². The van der Waals surface area contributed by atoms with E-state index < -0.39 is 52.3 Å². The molecule has 0 unspecified atom stereocenters. The van der Waals surface area contributed by atoms with Gasteiger partial charge in [-0.25, -0.2) is 0 Å². The van der Waals surface area contributed by atoms with Gasteiger partial charge in [0, 0.05) is 17.7 Å². The molecule has 0 aromatic carbocycles. The predicted octanol–water partition coefficient (Wildman–Crippen LogP) is -0.413. The highest BCUT2D eigenvalue weighted by molar-refractivity contribution is 6.24. The van der Waals surface area contributed by atoms with Crippen molar-refractivity contribution in [2.24, 2.45) is 17.6 Å². The van der Waals surface area contributed by atoms with Crippen LogP contribution in [0.3, 0.4) is 0 Å². The number of aliphatic hydroxyl groups is 3. The van der Waals surface area contributed by atoms with E-state index in [-0.39, 0.29) is 17.8 Å². The van der Waals surface area contributed by atoms with Gasteiger partial charge in [0.15, 0.2) is 11.4 Å². The zero-order chi connectivity index (χ0) is 20.5. The van der Waals surface area contributed by atoms with Crippen LogP contribution >= 0.6 is 0 Å².